The fourth-order valence-electron chi connectivity index (χ4n) is 5.21. The lowest BCUT2D eigenvalue weighted by atomic mass is 9.91. The van der Waals surface area contributed by atoms with Crippen molar-refractivity contribution in [1.29, 1.82) is 0 Å². The number of aryl methyl sites for hydroxylation is 1. The summed E-state index contributed by atoms with van der Waals surface area (Å²) in [6.45, 7) is 1.58. The molecule has 0 saturated carbocycles. The number of urea groups is 1. The third-order valence-corrected chi connectivity index (χ3v) is 8.04. The Labute approximate surface area is 258 Å². The van der Waals surface area contributed by atoms with Gasteiger partial charge in [0.1, 0.15) is 15.9 Å². The Morgan fingerprint density at radius 3 is 2.67 bits per heavy atom. The van der Waals surface area contributed by atoms with E-state index in [1.165, 1.54) is 6.20 Å². The quantitative estimate of drug-likeness (QED) is 0.327. The highest BCUT2D eigenvalue weighted by atomic mass is 35.5. The van der Waals surface area contributed by atoms with E-state index >= 15 is 0 Å². The number of halogens is 2. The van der Waals surface area contributed by atoms with Gasteiger partial charge in [-0.15, -0.1) is 0 Å². The summed E-state index contributed by atoms with van der Waals surface area (Å²) in [7, 11) is 0. The van der Waals surface area contributed by atoms with Crippen LogP contribution in [0.25, 0.3) is 0 Å². The highest BCUT2D eigenvalue weighted by Crippen LogP contribution is 2.32. The molecule has 3 aliphatic rings. The van der Waals surface area contributed by atoms with Crippen molar-refractivity contribution in [3.05, 3.63) is 82.4 Å². The number of fused-ring (bicyclic) bond motifs is 6. The number of nitrogens with zero attached hydrogens (tertiary/aromatic N) is 5. The van der Waals surface area contributed by atoms with Gasteiger partial charge in [0, 0.05) is 37.6 Å². The number of pyridine rings is 1. The molecule has 3 amide bonds. The fourth-order valence-corrected chi connectivity index (χ4v) is 5.46. The summed E-state index contributed by atoms with van der Waals surface area (Å²) in [4.78, 5) is 42.0. The summed E-state index contributed by atoms with van der Waals surface area (Å²) in [5.74, 6) is 1.83. The monoisotopic (exact) mass is 620 g/mol. The Bertz CT molecular complexity index is 1570. The SMILES string of the molecule is O=C(COc1ccc2cc1CCC1C=CC=C(C1)Nc1ncc(Cl)c(n1)N2)N1CCN(C(=O)Nc2ccc(Cl)nc2)CC1. The number of hydrogen-bond acceptors (Lipinski definition) is 8. The van der Waals surface area contributed by atoms with Crippen molar-refractivity contribution < 1.29 is 14.3 Å². The summed E-state index contributed by atoms with van der Waals surface area (Å²) >= 11 is 12.2. The molecule has 3 N–H and O–H groups in total. The largest absolute Gasteiger partial charge is 0.483 e. The topological polar surface area (TPSA) is 125 Å². The number of amides is 3. The molecule has 0 spiro atoms. The molecule has 4 heterocycles. The molecular formula is C30H30Cl2N8O3. The maximum absolute atomic E-state index is 13.1. The first-order chi connectivity index (χ1) is 20.9. The number of nitrogens with one attached hydrogen (secondary N) is 3. The average molecular weight is 622 g/mol. The van der Waals surface area contributed by atoms with E-state index in [0.717, 1.165) is 36.2 Å². The second kappa shape index (κ2) is 12.9. The Kier molecular flexibility index (Phi) is 8.62. The number of piperazine rings is 1. The van der Waals surface area contributed by atoms with Gasteiger partial charge in [0.25, 0.3) is 5.91 Å². The molecule has 2 aromatic heterocycles. The van der Waals surface area contributed by atoms with Crippen molar-refractivity contribution >= 4 is 58.3 Å². The van der Waals surface area contributed by atoms with E-state index < -0.39 is 0 Å². The Balaban J connectivity index is 1.09. The number of allylic oxidation sites excluding steroid dienone is 4. The Morgan fingerprint density at radius 2 is 1.86 bits per heavy atom. The second-order valence-electron chi connectivity index (χ2n) is 10.5. The molecule has 1 aliphatic carbocycles. The van der Waals surface area contributed by atoms with E-state index in [9.17, 15) is 9.59 Å². The first-order valence-corrected chi connectivity index (χ1v) is 14.8. The fraction of sp³-hybridized carbons (Fsp3) is 0.300. The van der Waals surface area contributed by atoms with Gasteiger partial charge >= 0.3 is 6.03 Å². The van der Waals surface area contributed by atoms with Crippen molar-refractivity contribution in [2.24, 2.45) is 5.92 Å². The zero-order valence-corrected chi connectivity index (χ0v) is 24.7. The van der Waals surface area contributed by atoms with E-state index in [0.29, 0.717) is 65.5 Å². The molecule has 222 valence electrons. The first kappa shape index (κ1) is 28.8. The maximum atomic E-state index is 13.1. The minimum atomic E-state index is -0.244. The molecule has 0 radical (unpaired) electrons. The van der Waals surface area contributed by atoms with Crippen LogP contribution in [0.15, 0.2) is 66.7 Å². The normalized spacial score (nSPS) is 17.7. The van der Waals surface area contributed by atoms with Crippen LogP contribution in [0.1, 0.15) is 18.4 Å². The van der Waals surface area contributed by atoms with Gasteiger partial charge in [0.2, 0.25) is 5.95 Å². The third-order valence-electron chi connectivity index (χ3n) is 7.54. The second-order valence-corrected chi connectivity index (χ2v) is 11.3. The zero-order chi connectivity index (χ0) is 29.8. The van der Waals surface area contributed by atoms with E-state index in [1.54, 1.807) is 28.1 Å². The van der Waals surface area contributed by atoms with Gasteiger partial charge in [0.15, 0.2) is 12.4 Å². The van der Waals surface area contributed by atoms with Crippen LogP contribution in [0.2, 0.25) is 10.2 Å². The minimum Gasteiger partial charge on any atom is -0.483 e. The lowest BCUT2D eigenvalue weighted by Gasteiger charge is -2.34. The van der Waals surface area contributed by atoms with Crippen LogP contribution in [0.3, 0.4) is 0 Å². The third kappa shape index (κ3) is 7.18. The van der Waals surface area contributed by atoms with Gasteiger partial charge in [-0.2, -0.15) is 4.98 Å². The van der Waals surface area contributed by atoms with Crippen molar-refractivity contribution in [2.45, 2.75) is 19.3 Å². The van der Waals surface area contributed by atoms with Crippen LogP contribution in [0.5, 0.6) is 5.75 Å². The molecule has 43 heavy (non-hydrogen) atoms. The minimum absolute atomic E-state index is 0.0936. The van der Waals surface area contributed by atoms with Crippen LogP contribution < -0.4 is 20.7 Å². The first-order valence-electron chi connectivity index (χ1n) is 14.0. The molecular weight excluding hydrogens is 591 g/mol. The molecule has 1 atom stereocenters. The summed E-state index contributed by atoms with van der Waals surface area (Å²) in [6.07, 6.45) is 11.9. The molecule has 6 bridgehead atoms. The van der Waals surface area contributed by atoms with E-state index in [4.69, 9.17) is 27.9 Å². The number of carbonyl (C=O) groups is 2. The highest BCUT2D eigenvalue weighted by molar-refractivity contribution is 6.33. The summed E-state index contributed by atoms with van der Waals surface area (Å²) in [6, 6.07) is 8.82. The summed E-state index contributed by atoms with van der Waals surface area (Å²) in [5, 5.41) is 10.2. The van der Waals surface area contributed by atoms with Crippen molar-refractivity contribution in [3.8, 4) is 5.75 Å². The number of ether oxygens (including phenoxy) is 1. The number of carbonyl (C=O) groups excluding carboxylic acids is 2. The summed E-state index contributed by atoms with van der Waals surface area (Å²) in [5.41, 5.74) is 3.39. The number of aromatic nitrogens is 3. The maximum Gasteiger partial charge on any atom is 0.322 e. The number of rotatable bonds is 4. The van der Waals surface area contributed by atoms with E-state index in [1.807, 2.05) is 24.3 Å². The van der Waals surface area contributed by atoms with Crippen molar-refractivity contribution in [3.63, 3.8) is 0 Å². The van der Waals surface area contributed by atoms with E-state index in [-0.39, 0.29) is 18.5 Å². The van der Waals surface area contributed by atoms with Crippen LogP contribution in [0, 0.1) is 5.92 Å². The van der Waals surface area contributed by atoms with Crippen LogP contribution in [-0.4, -0.2) is 69.5 Å². The number of hydrogen-bond donors (Lipinski definition) is 3. The molecule has 2 aliphatic heterocycles. The molecule has 1 fully saturated rings. The van der Waals surface area contributed by atoms with Crippen molar-refractivity contribution in [1.82, 2.24) is 24.8 Å². The van der Waals surface area contributed by atoms with Crippen molar-refractivity contribution in [2.75, 3.05) is 48.7 Å². The molecule has 1 unspecified atom stereocenters. The lowest BCUT2D eigenvalue weighted by molar-refractivity contribution is -0.134. The average Bonchev–Trinajstić information content (AvgIpc) is 3.02. The molecule has 11 nitrogen and oxygen atoms in total. The molecule has 13 heteroatoms. The van der Waals surface area contributed by atoms with Crippen LogP contribution in [-0.2, 0) is 11.2 Å². The summed E-state index contributed by atoms with van der Waals surface area (Å²) < 4.78 is 6.09. The Hall–Kier alpha value is -4.35. The van der Waals surface area contributed by atoms with Gasteiger partial charge in [0.05, 0.1) is 18.1 Å². The standard InChI is InChI=1S/C30H30Cl2N8O3/c31-24-17-34-29-36-21-3-1-2-19(14-21)4-5-20-15-22(35-28(24)38-29)6-8-25(20)43-18-27(41)39-10-12-40(13-11-39)30(42)37-23-7-9-26(32)33-16-23/h1-3,6-9,15-17,19H,4-5,10-14,18H2,(H,37,42)(H2,34,35,36,38). The molecule has 6 rings (SSSR count). The number of anilines is 4. The highest BCUT2D eigenvalue weighted by Gasteiger charge is 2.25. The van der Waals surface area contributed by atoms with Gasteiger partial charge in [-0.1, -0.05) is 35.4 Å². The molecule has 1 aromatic carbocycles. The molecule has 3 aromatic rings. The smallest absolute Gasteiger partial charge is 0.322 e. The van der Waals surface area contributed by atoms with Crippen LogP contribution in [0.4, 0.5) is 27.9 Å². The predicted molar refractivity (Wildman–Crippen MR) is 166 cm³/mol. The molecule has 1 saturated heterocycles. The lowest BCUT2D eigenvalue weighted by Crippen LogP contribution is -2.52. The van der Waals surface area contributed by atoms with Gasteiger partial charge < -0.3 is 30.5 Å². The van der Waals surface area contributed by atoms with Gasteiger partial charge in [-0.05, 0) is 67.2 Å². The van der Waals surface area contributed by atoms with Crippen LogP contribution >= 0.6 is 23.2 Å². The van der Waals surface area contributed by atoms with Gasteiger partial charge in [-0.3, -0.25) is 4.79 Å². The number of benzene rings is 1. The zero-order valence-electron chi connectivity index (χ0n) is 23.2. The van der Waals surface area contributed by atoms with Gasteiger partial charge in [-0.25, -0.2) is 14.8 Å². The van der Waals surface area contributed by atoms with E-state index in [2.05, 4.69) is 43.1 Å². The Morgan fingerprint density at radius 1 is 1.02 bits per heavy atom. The predicted octanol–water partition coefficient (Wildman–Crippen LogP) is 5.50.